The first kappa shape index (κ1) is 17.0. The zero-order chi connectivity index (χ0) is 17.8. The predicted octanol–water partition coefficient (Wildman–Crippen LogP) is 3.40. The summed E-state index contributed by atoms with van der Waals surface area (Å²) in [6.07, 6.45) is 1.14. The molecule has 2 aromatic carbocycles. The minimum atomic E-state index is -0.296. The summed E-state index contributed by atoms with van der Waals surface area (Å²) < 4.78 is 0. The lowest BCUT2D eigenvalue weighted by molar-refractivity contribution is -0.124. The van der Waals surface area contributed by atoms with Crippen LogP contribution in [0.3, 0.4) is 0 Å². The molecule has 1 unspecified atom stereocenters. The number of aryl methyl sites for hydroxylation is 2. The van der Waals surface area contributed by atoms with Gasteiger partial charge in [-0.25, -0.2) is 10.2 Å². The van der Waals surface area contributed by atoms with Crippen molar-refractivity contribution in [1.29, 1.82) is 0 Å². The van der Waals surface area contributed by atoms with Crippen LogP contribution in [0.15, 0.2) is 42.5 Å². The number of nitrogens with one attached hydrogen (secondary N) is 4. The molecule has 0 aliphatic carbocycles. The first-order valence-corrected chi connectivity index (χ1v) is 8.31. The van der Waals surface area contributed by atoms with Crippen molar-refractivity contribution in [1.82, 2.24) is 10.9 Å². The predicted molar refractivity (Wildman–Crippen MR) is 98.3 cm³/mol. The highest BCUT2D eigenvalue weighted by atomic mass is 16.2. The third-order valence-corrected chi connectivity index (χ3v) is 4.40. The Morgan fingerprint density at radius 1 is 1.08 bits per heavy atom. The van der Waals surface area contributed by atoms with Crippen LogP contribution in [0.25, 0.3) is 0 Å². The Bertz CT molecular complexity index is 794. The Labute approximate surface area is 147 Å². The number of rotatable bonds is 3. The van der Waals surface area contributed by atoms with Crippen LogP contribution in [-0.4, -0.2) is 11.9 Å². The summed E-state index contributed by atoms with van der Waals surface area (Å²) >= 11 is 0. The molecule has 4 N–H and O–H groups in total. The van der Waals surface area contributed by atoms with Gasteiger partial charge in [0.1, 0.15) is 0 Å². The fourth-order valence-electron chi connectivity index (χ4n) is 2.83. The SMILES string of the molecule is Cc1ccc(NC(=O)Nc2ccccc2C2CCC(=O)NN2)cc1C. The minimum Gasteiger partial charge on any atom is -0.308 e. The number of anilines is 2. The van der Waals surface area contributed by atoms with E-state index in [1.54, 1.807) is 0 Å². The number of para-hydroxylation sites is 1. The van der Waals surface area contributed by atoms with Gasteiger partial charge in [0.15, 0.2) is 0 Å². The van der Waals surface area contributed by atoms with Gasteiger partial charge in [-0.3, -0.25) is 10.2 Å². The van der Waals surface area contributed by atoms with E-state index in [9.17, 15) is 9.59 Å². The molecule has 3 rings (SSSR count). The number of carbonyl (C=O) groups is 2. The summed E-state index contributed by atoms with van der Waals surface area (Å²) in [5, 5.41) is 5.75. The molecule has 2 aromatic rings. The van der Waals surface area contributed by atoms with Gasteiger partial charge in [-0.05, 0) is 55.2 Å². The molecule has 1 heterocycles. The second kappa shape index (κ2) is 7.36. The van der Waals surface area contributed by atoms with Crippen LogP contribution in [-0.2, 0) is 4.79 Å². The average molecular weight is 338 g/mol. The molecule has 25 heavy (non-hydrogen) atoms. The van der Waals surface area contributed by atoms with Crippen molar-refractivity contribution in [3.05, 3.63) is 59.2 Å². The lowest BCUT2D eigenvalue weighted by atomic mass is 9.99. The van der Waals surface area contributed by atoms with Crippen LogP contribution < -0.4 is 21.5 Å². The van der Waals surface area contributed by atoms with Crippen molar-refractivity contribution < 1.29 is 9.59 Å². The van der Waals surface area contributed by atoms with Crippen molar-refractivity contribution in [3.8, 4) is 0 Å². The summed E-state index contributed by atoms with van der Waals surface area (Å²) in [5.74, 6) is -0.0193. The molecule has 0 bridgehead atoms. The zero-order valence-corrected chi connectivity index (χ0v) is 14.3. The standard InChI is InChI=1S/C19H22N4O2/c1-12-7-8-14(11-13(12)2)20-19(25)21-16-6-4-3-5-15(16)17-9-10-18(24)23-22-17/h3-8,11,17,22H,9-10H2,1-2H3,(H,23,24)(H2,20,21,25). The van der Waals surface area contributed by atoms with Gasteiger partial charge in [-0.1, -0.05) is 24.3 Å². The summed E-state index contributed by atoms with van der Waals surface area (Å²) in [6.45, 7) is 4.04. The number of urea groups is 1. The van der Waals surface area contributed by atoms with Gasteiger partial charge in [0.05, 0.1) is 6.04 Å². The van der Waals surface area contributed by atoms with Crippen LogP contribution in [0.1, 0.15) is 35.6 Å². The maximum Gasteiger partial charge on any atom is 0.323 e. The molecule has 3 amide bonds. The van der Waals surface area contributed by atoms with E-state index in [2.05, 4.69) is 21.5 Å². The maximum absolute atomic E-state index is 12.4. The quantitative estimate of drug-likeness (QED) is 0.692. The molecular weight excluding hydrogens is 316 g/mol. The highest BCUT2D eigenvalue weighted by Gasteiger charge is 2.21. The first-order chi connectivity index (χ1) is 12.0. The normalized spacial score (nSPS) is 16.9. The number of hydrazine groups is 1. The lowest BCUT2D eigenvalue weighted by Gasteiger charge is -2.26. The molecule has 6 heteroatoms. The number of carbonyl (C=O) groups excluding carboxylic acids is 2. The third kappa shape index (κ3) is 4.16. The second-order valence-electron chi connectivity index (χ2n) is 6.25. The number of benzene rings is 2. The van der Waals surface area contributed by atoms with E-state index >= 15 is 0 Å². The van der Waals surface area contributed by atoms with Crippen molar-refractivity contribution in [2.75, 3.05) is 10.6 Å². The summed E-state index contributed by atoms with van der Waals surface area (Å²) in [6, 6.07) is 13.1. The topological polar surface area (TPSA) is 82.3 Å². The smallest absolute Gasteiger partial charge is 0.308 e. The van der Waals surface area contributed by atoms with Gasteiger partial charge >= 0.3 is 6.03 Å². The fourth-order valence-corrected chi connectivity index (χ4v) is 2.83. The van der Waals surface area contributed by atoms with E-state index in [1.807, 2.05) is 56.3 Å². The summed E-state index contributed by atoms with van der Waals surface area (Å²) in [7, 11) is 0. The van der Waals surface area contributed by atoms with E-state index in [4.69, 9.17) is 0 Å². The fraction of sp³-hybridized carbons (Fsp3) is 0.263. The molecule has 1 atom stereocenters. The molecule has 130 valence electrons. The van der Waals surface area contributed by atoms with Crippen molar-refractivity contribution in [2.24, 2.45) is 0 Å². The molecule has 0 aromatic heterocycles. The molecule has 1 fully saturated rings. The maximum atomic E-state index is 12.4. The van der Waals surface area contributed by atoms with Crippen LogP contribution in [0.2, 0.25) is 0 Å². The van der Waals surface area contributed by atoms with Crippen molar-refractivity contribution >= 4 is 23.3 Å². The Morgan fingerprint density at radius 2 is 1.88 bits per heavy atom. The van der Waals surface area contributed by atoms with E-state index in [0.717, 1.165) is 22.5 Å². The lowest BCUT2D eigenvalue weighted by Crippen LogP contribution is -2.44. The van der Waals surface area contributed by atoms with Crippen LogP contribution in [0.4, 0.5) is 16.2 Å². The summed E-state index contributed by atoms with van der Waals surface area (Å²) in [5.41, 5.74) is 10.4. The van der Waals surface area contributed by atoms with Gasteiger partial charge in [0.2, 0.25) is 5.91 Å². The average Bonchev–Trinajstić information content (AvgIpc) is 2.59. The molecule has 0 radical (unpaired) electrons. The number of hydrogen-bond donors (Lipinski definition) is 4. The van der Waals surface area contributed by atoms with Gasteiger partial charge in [0, 0.05) is 17.8 Å². The minimum absolute atomic E-state index is 0.0193. The third-order valence-electron chi connectivity index (χ3n) is 4.40. The largest absolute Gasteiger partial charge is 0.323 e. The van der Waals surface area contributed by atoms with Gasteiger partial charge in [-0.15, -0.1) is 0 Å². The van der Waals surface area contributed by atoms with Crippen molar-refractivity contribution in [2.45, 2.75) is 32.7 Å². The molecule has 0 spiro atoms. The Hall–Kier alpha value is -2.86. The summed E-state index contributed by atoms with van der Waals surface area (Å²) in [4.78, 5) is 23.7. The molecule has 1 aliphatic rings. The van der Waals surface area contributed by atoms with Gasteiger partial charge in [-0.2, -0.15) is 0 Å². The Kier molecular flexibility index (Phi) is 5.00. The van der Waals surface area contributed by atoms with Crippen LogP contribution in [0.5, 0.6) is 0 Å². The second-order valence-corrected chi connectivity index (χ2v) is 6.25. The van der Waals surface area contributed by atoms with E-state index in [1.165, 1.54) is 5.56 Å². The van der Waals surface area contributed by atoms with Crippen LogP contribution in [0, 0.1) is 13.8 Å². The number of hydrogen-bond acceptors (Lipinski definition) is 3. The molecule has 1 aliphatic heterocycles. The Balaban J connectivity index is 1.71. The van der Waals surface area contributed by atoms with E-state index in [0.29, 0.717) is 12.8 Å². The van der Waals surface area contributed by atoms with Gasteiger partial charge < -0.3 is 10.6 Å². The van der Waals surface area contributed by atoms with Gasteiger partial charge in [0.25, 0.3) is 0 Å². The first-order valence-electron chi connectivity index (χ1n) is 8.31. The number of amides is 3. The Morgan fingerprint density at radius 3 is 2.60 bits per heavy atom. The molecule has 1 saturated heterocycles. The highest BCUT2D eigenvalue weighted by Crippen LogP contribution is 2.27. The van der Waals surface area contributed by atoms with Crippen molar-refractivity contribution in [3.63, 3.8) is 0 Å². The zero-order valence-electron chi connectivity index (χ0n) is 14.3. The van der Waals surface area contributed by atoms with Crippen LogP contribution >= 0.6 is 0 Å². The molecule has 0 saturated carbocycles. The highest BCUT2D eigenvalue weighted by molar-refractivity contribution is 6.00. The van der Waals surface area contributed by atoms with E-state index in [-0.39, 0.29) is 18.0 Å². The molecular formula is C19H22N4O2. The molecule has 6 nitrogen and oxygen atoms in total. The van der Waals surface area contributed by atoms with E-state index < -0.39 is 0 Å². The monoisotopic (exact) mass is 338 g/mol.